The number of nitrogens with zero attached hydrogens (tertiary/aromatic N) is 5. The first-order valence-electron chi connectivity index (χ1n) is 11.0. The normalized spacial score (nSPS) is 14.8. The van der Waals surface area contributed by atoms with E-state index in [0.717, 1.165) is 17.1 Å². The van der Waals surface area contributed by atoms with E-state index in [2.05, 4.69) is 11.2 Å². The monoisotopic (exact) mass is 468 g/mol. The number of benzene rings is 2. The molecule has 9 heteroatoms. The van der Waals surface area contributed by atoms with Crippen molar-refractivity contribution in [3.05, 3.63) is 82.9 Å². The molecule has 2 aromatic heterocycles. The van der Waals surface area contributed by atoms with Crippen LogP contribution in [0.5, 0.6) is 17.4 Å². The van der Waals surface area contributed by atoms with Gasteiger partial charge in [-0.15, -0.1) is 0 Å². The van der Waals surface area contributed by atoms with Crippen molar-refractivity contribution >= 4 is 0 Å². The first kappa shape index (κ1) is 22.1. The lowest BCUT2D eigenvalue weighted by Gasteiger charge is -2.26. The first-order valence-corrected chi connectivity index (χ1v) is 11.0. The lowest BCUT2D eigenvalue weighted by Crippen LogP contribution is -2.22. The molecule has 2 N–H and O–H groups in total. The minimum Gasteiger partial charge on any atom is -0.497 e. The van der Waals surface area contributed by atoms with E-state index < -0.39 is 5.92 Å². The van der Waals surface area contributed by atoms with Crippen LogP contribution in [0.4, 0.5) is 0 Å². The molecule has 0 saturated heterocycles. The molecule has 0 radical (unpaired) electrons. The highest BCUT2D eigenvalue weighted by molar-refractivity contribution is 5.71. The number of ether oxygens (including phenoxy) is 3. The predicted molar refractivity (Wildman–Crippen MR) is 129 cm³/mol. The maximum atomic E-state index is 10.2. The lowest BCUT2D eigenvalue weighted by atomic mass is 9.83. The van der Waals surface area contributed by atoms with Crippen LogP contribution in [0.1, 0.15) is 22.7 Å². The van der Waals surface area contributed by atoms with E-state index in [1.165, 1.54) is 0 Å². The second-order valence-corrected chi connectivity index (χ2v) is 8.14. The summed E-state index contributed by atoms with van der Waals surface area (Å²) in [4.78, 5) is 0. The van der Waals surface area contributed by atoms with Crippen LogP contribution in [0, 0.1) is 18.3 Å². The highest BCUT2D eigenvalue weighted by Crippen LogP contribution is 2.50. The van der Waals surface area contributed by atoms with E-state index in [1.54, 1.807) is 29.6 Å². The van der Waals surface area contributed by atoms with Gasteiger partial charge in [-0.05, 0) is 43.3 Å². The zero-order chi connectivity index (χ0) is 24.7. The van der Waals surface area contributed by atoms with Crippen LogP contribution < -0.4 is 19.9 Å². The Morgan fingerprint density at radius 2 is 1.83 bits per heavy atom. The number of aromatic nitrogens is 4. The van der Waals surface area contributed by atoms with Gasteiger partial charge in [-0.25, -0.2) is 0 Å². The van der Waals surface area contributed by atoms with Crippen LogP contribution in [-0.2, 0) is 7.05 Å². The molecule has 1 atom stereocenters. The largest absolute Gasteiger partial charge is 0.497 e. The first-order chi connectivity index (χ1) is 17.0. The van der Waals surface area contributed by atoms with E-state index in [4.69, 9.17) is 25.0 Å². The third-order valence-corrected chi connectivity index (χ3v) is 6.04. The standard InChI is InChI=1S/C26H24N6O3/c1-15-12-20(31(2)29-15)24-23-22(18-13-17(33-3)10-11-21(18)34-4)19(14-27)25(28)35-26(23)32(30-24)16-8-6-5-7-9-16/h5-13,22H,28H2,1-4H3/t22-/m1/s1. The van der Waals surface area contributed by atoms with Crippen molar-refractivity contribution in [2.24, 2.45) is 12.8 Å². The summed E-state index contributed by atoms with van der Waals surface area (Å²) in [6.45, 7) is 1.92. The molecule has 1 aliphatic rings. The van der Waals surface area contributed by atoms with Gasteiger partial charge >= 0.3 is 0 Å². The van der Waals surface area contributed by atoms with Crippen LogP contribution in [-0.4, -0.2) is 33.8 Å². The summed E-state index contributed by atoms with van der Waals surface area (Å²) in [5, 5.41) is 19.6. The average molecular weight is 469 g/mol. The van der Waals surface area contributed by atoms with E-state index in [0.29, 0.717) is 34.2 Å². The Balaban J connectivity index is 1.88. The minimum absolute atomic E-state index is 0.0136. The van der Waals surface area contributed by atoms with Crippen LogP contribution in [0.3, 0.4) is 0 Å². The van der Waals surface area contributed by atoms with Crippen LogP contribution in [0.25, 0.3) is 17.1 Å². The summed E-state index contributed by atoms with van der Waals surface area (Å²) in [5.41, 5.74) is 11.0. The van der Waals surface area contributed by atoms with Gasteiger partial charge in [0.25, 0.3) is 0 Å². The third kappa shape index (κ3) is 3.56. The van der Waals surface area contributed by atoms with Crippen molar-refractivity contribution in [3.63, 3.8) is 0 Å². The maximum absolute atomic E-state index is 10.2. The lowest BCUT2D eigenvalue weighted by molar-refractivity contribution is 0.363. The number of para-hydroxylation sites is 1. The summed E-state index contributed by atoms with van der Waals surface area (Å²) in [6.07, 6.45) is 0. The Kier molecular flexibility index (Phi) is 5.41. The highest BCUT2D eigenvalue weighted by Gasteiger charge is 2.39. The molecule has 5 rings (SSSR count). The SMILES string of the molecule is COc1ccc(OC)c([C@@H]2C(C#N)=C(N)Oc3c2c(-c2cc(C)nn2C)nn3-c2ccccc2)c1. The van der Waals surface area contributed by atoms with Gasteiger partial charge < -0.3 is 19.9 Å². The predicted octanol–water partition coefficient (Wildman–Crippen LogP) is 3.82. The fourth-order valence-corrected chi connectivity index (χ4v) is 4.48. The number of allylic oxidation sites excluding steroid dienone is 1. The molecular formula is C26H24N6O3. The molecule has 1 aliphatic heterocycles. The summed E-state index contributed by atoms with van der Waals surface area (Å²) in [5.74, 6) is 1.04. The smallest absolute Gasteiger partial charge is 0.229 e. The Labute approximate surface area is 202 Å². The number of rotatable bonds is 5. The van der Waals surface area contributed by atoms with E-state index in [-0.39, 0.29) is 11.5 Å². The van der Waals surface area contributed by atoms with Gasteiger partial charge in [-0.3, -0.25) is 4.68 Å². The molecule has 0 unspecified atom stereocenters. The van der Waals surface area contributed by atoms with Crippen LogP contribution >= 0.6 is 0 Å². The fraction of sp³-hybridized carbons (Fsp3) is 0.192. The van der Waals surface area contributed by atoms with Gasteiger partial charge in [-0.2, -0.15) is 20.1 Å². The van der Waals surface area contributed by atoms with Crippen molar-refractivity contribution in [2.45, 2.75) is 12.8 Å². The second kappa shape index (κ2) is 8.57. The maximum Gasteiger partial charge on any atom is 0.229 e. The van der Waals surface area contributed by atoms with Gasteiger partial charge in [0.05, 0.1) is 42.8 Å². The van der Waals surface area contributed by atoms with Crippen molar-refractivity contribution in [2.75, 3.05) is 14.2 Å². The van der Waals surface area contributed by atoms with Gasteiger partial charge in [0.1, 0.15) is 28.8 Å². The topological polar surface area (TPSA) is 113 Å². The molecule has 2 aromatic carbocycles. The summed E-state index contributed by atoms with van der Waals surface area (Å²) in [7, 11) is 5.04. The molecule has 0 aliphatic carbocycles. The molecule has 0 saturated carbocycles. The molecule has 176 valence electrons. The van der Waals surface area contributed by atoms with Gasteiger partial charge in [-0.1, -0.05) is 18.2 Å². The molecule has 0 amide bonds. The summed E-state index contributed by atoms with van der Waals surface area (Å²) in [6, 6.07) is 19.3. The Hall–Kier alpha value is -4.71. The molecule has 0 spiro atoms. The Morgan fingerprint density at radius 1 is 1.06 bits per heavy atom. The Morgan fingerprint density at radius 3 is 2.46 bits per heavy atom. The van der Waals surface area contributed by atoms with Gasteiger partial charge in [0, 0.05) is 12.6 Å². The van der Waals surface area contributed by atoms with Gasteiger partial charge in [0.2, 0.25) is 11.8 Å². The molecule has 9 nitrogen and oxygen atoms in total. The summed E-state index contributed by atoms with van der Waals surface area (Å²) < 4.78 is 20.7. The number of nitrogens with two attached hydrogens (primary N) is 1. The number of nitriles is 1. The highest BCUT2D eigenvalue weighted by atomic mass is 16.5. The van der Waals surface area contributed by atoms with Crippen molar-refractivity contribution < 1.29 is 14.2 Å². The van der Waals surface area contributed by atoms with E-state index in [1.807, 2.05) is 62.5 Å². The summed E-state index contributed by atoms with van der Waals surface area (Å²) >= 11 is 0. The number of hydrogen-bond acceptors (Lipinski definition) is 7. The number of methoxy groups -OCH3 is 2. The second-order valence-electron chi connectivity index (χ2n) is 8.14. The fourth-order valence-electron chi connectivity index (χ4n) is 4.48. The van der Waals surface area contributed by atoms with E-state index in [9.17, 15) is 5.26 Å². The Bertz CT molecular complexity index is 1490. The van der Waals surface area contributed by atoms with Crippen LogP contribution in [0.2, 0.25) is 0 Å². The van der Waals surface area contributed by atoms with Crippen molar-refractivity contribution in [1.29, 1.82) is 5.26 Å². The number of hydrogen-bond donors (Lipinski definition) is 1. The molecule has 35 heavy (non-hydrogen) atoms. The number of aryl methyl sites for hydroxylation is 2. The zero-order valence-corrected chi connectivity index (χ0v) is 19.8. The average Bonchev–Trinajstić information content (AvgIpc) is 3.41. The molecular weight excluding hydrogens is 444 g/mol. The minimum atomic E-state index is -0.614. The molecule has 3 heterocycles. The van der Waals surface area contributed by atoms with Crippen LogP contribution in [0.15, 0.2) is 66.1 Å². The molecule has 0 bridgehead atoms. The quantitative estimate of drug-likeness (QED) is 0.474. The molecule has 0 fully saturated rings. The number of fused-ring (bicyclic) bond motifs is 1. The zero-order valence-electron chi connectivity index (χ0n) is 19.8. The third-order valence-electron chi connectivity index (χ3n) is 6.04. The molecule has 4 aromatic rings. The van der Waals surface area contributed by atoms with Crippen molar-refractivity contribution in [3.8, 4) is 40.5 Å². The van der Waals surface area contributed by atoms with Gasteiger partial charge in [0.15, 0.2) is 0 Å². The van der Waals surface area contributed by atoms with E-state index >= 15 is 0 Å². The van der Waals surface area contributed by atoms with Crippen molar-refractivity contribution in [1.82, 2.24) is 19.6 Å².